The first-order valence-corrected chi connectivity index (χ1v) is 8.01. The molecule has 2 atom stereocenters. The molecule has 3 N–H and O–H groups in total. The average Bonchev–Trinajstić information content (AvgIpc) is 2.54. The molecule has 21 heavy (non-hydrogen) atoms. The fourth-order valence-electron chi connectivity index (χ4n) is 3.74. The average molecular weight is 290 g/mol. The molecule has 116 valence electrons. The molecule has 0 aliphatic carbocycles. The zero-order valence-electron chi connectivity index (χ0n) is 13.0. The van der Waals surface area contributed by atoms with E-state index in [4.69, 9.17) is 5.84 Å². The van der Waals surface area contributed by atoms with Crippen molar-refractivity contribution in [2.75, 3.05) is 37.0 Å². The van der Waals surface area contributed by atoms with Crippen molar-refractivity contribution in [1.29, 1.82) is 0 Å². The van der Waals surface area contributed by atoms with Gasteiger partial charge < -0.3 is 15.2 Å². The van der Waals surface area contributed by atoms with Gasteiger partial charge in [0.2, 0.25) is 0 Å². The Labute approximate surface area is 126 Å². The number of likely N-dealkylation sites (tertiary alicyclic amines) is 1. The third-order valence-electron chi connectivity index (χ3n) is 4.89. The highest BCUT2D eigenvalue weighted by atomic mass is 15.3. The third kappa shape index (κ3) is 2.96. The van der Waals surface area contributed by atoms with E-state index in [1.807, 2.05) is 6.07 Å². The summed E-state index contributed by atoms with van der Waals surface area (Å²) in [7, 11) is 2.27. The second kappa shape index (κ2) is 6.15. The van der Waals surface area contributed by atoms with Crippen LogP contribution >= 0.6 is 0 Å². The molecule has 0 amide bonds. The molecule has 0 bridgehead atoms. The summed E-state index contributed by atoms with van der Waals surface area (Å²) in [5, 5.41) is 0. The van der Waals surface area contributed by atoms with Gasteiger partial charge in [-0.1, -0.05) is 6.92 Å². The minimum absolute atomic E-state index is 0.708. The Bertz CT molecular complexity index is 469. The lowest BCUT2D eigenvalue weighted by molar-refractivity contribution is 0.102. The van der Waals surface area contributed by atoms with Crippen LogP contribution in [0, 0.1) is 5.92 Å². The van der Waals surface area contributed by atoms with Gasteiger partial charge >= 0.3 is 0 Å². The zero-order valence-corrected chi connectivity index (χ0v) is 13.0. The van der Waals surface area contributed by atoms with E-state index < -0.39 is 0 Å². The number of hydrogen-bond acceptors (Lipinski definition) is 6. The van der Waals surface area contributed by atoms with Crippen LogP contribution in [-0.4, -0.2) is 47.6 Å². The molecule has 2 fully saturated rings. The minimum atomic E-state index is 0.708. The van der Waals surface area contributed by atoms with Crippen LogP contribution in [0.3, 0.4) is 0 Å². The summed E-state index contributed by atoms with van der Waals surface area (Å²) >= 11 is 0. The summed E-state index contributed by atoms with van der Waals surface area (Å²) in [5.74, 6) is 8.86. The Hall–Kier alpha value is -1.40. The van der Waals surface area contributed by atoms with Gasteiger partial charge in [-0.25, -0.2) is 15.8 Å². The van der Waals surface area contributed by atoms with Crippen LogP contribution in [0.1, 0.15) is 32.0 Å². The Morgan fingerprint density at radius 1 is 1.33 bits per heavy atom. The molecule has 2 aliphatic heterocycles. The van der Waals surface area contributed by atoms with E-state index >= 15 is 0 Å². The Balaban J connectivity index is 1.78. The number of piperidine rings is 2. The number of anilines is 2. The topological polar surface area (TPSA) is 70.3 Å². The Morgan fingerprint density at radius 2 is 2.19 bits per heavy atom. The van der Waals surface area contributed by atoms with Gasteiger partial charge in [0.25, 0.3) is 0 Å². The van der Waals surface area contributed by atoms with Crippen LogP contribution in [-0.2, 0) is 6.42 Å². The summed E-state index contributed by atoms with van der Waals surface area (Å²) in [6, 6.07) is 2.71. The molecule has 2 saturated heterocycles. The number of nitrogens with zero attached hydrogens (tertiary/aromatic N) is 4. The number of fused-ring (bicyclic) bond motifs is 1. The van der Waals surface area contributed by atoms with Crippen molar-refractivity contribution in [3.05, 3.63) is 11.9 Å². The van der Waals surface area contributed by atoms with Gasteiger partial charge in [-0.15, -0.1) is 0 Å². The van der Waals surface area contributed by atoms with Crippen molar-refractivity contribution in [2.24, 2.45) is 11.8 Å². The number of rotatable bonds is 3. The number of nitrogens with one attached hydrogen (secondary N) is 1. The normalized spacial score (nSPS) is 26.5. The molecule has 3 rings (SSSR count). The van der Waals surface area contributed by atoms with E-state index in [9.17, 15) is 0 Å². The minimum Gasteiger partial charge on any atom is -0.356 e. The van der Waals surface area contributed by atoms with Gasteiger partial charge in [-0.2, -0.15) is 0 Å². The molecular weight excluding hydrogens is 264 g/mol. The molecule has 6 heteroatoms. The highest BCUT2D eigenvalue weighted by molar-refractivity contribution is 5.49. The third-order valence-corrected chi connectivity index (χ3v) is 4.89. The van der Waals surface area contributed by atoms with Crippen LogP contribution in [0.2, 0.25) is 0 Å². The second-order valence-corrected chi connectivity index (χ2v) is 6.21. The lowest BCUT2D eigenvalue weighted by Gasteiger charge is -2.46. The molecule has 6 nitrogen and oxygen atoms in total. The smallest absolute Gasteiger partial charge is 0.145 e. The van der Waals surface area contributed by atoms with E-state index in [1.165, 1.54) is 25.8 Å². The largest absolute Gasteiger partial charge is 0.356 e. The van der Waals surface area contributed by atoms with Crippen molar-refractivity contribution in [1.82, 2.24) is 14.9 Å². The number of nitrogens with two attached hydrogens (primary N) is 1. The van der Waals surface area contributed by atoms with Gasteiger partial charge in [0.1, 0.15) is 17.5 Å². The van der Waals surface area contributed by atoms with E-state index in [2.05, 4.69) is 39.2 Å². The molecule has 0 saturated carbocycles. The highest BCUT2D eigenvalue weighted by Gasteiger charge is 2.34. The maximum Gasteiger partial charge on any atom is 0.145 e. The quantitative estimate of drug-likeness (QED) is 0.645. The fraction of sp³-hybridized carbons (Fsp3) is 0.733. The predicted octanol–water partition coefficient (Wildman–Crippen LogP) is 1.25. The van der Waals surface area contributed by atoms with E-state index in [0.717, 1.165) is 43.1 Å². The number of aromatic nitrogens is 2. The maximum absolute atomic E-state index is 5.53. The molecule has 2 aliphatic rings. The van der Waals surface area contributed by atoms with Crippen molar-refractivity contribution in [3.63, 3.8) is 0 Å². The first kappa shape index (κ1) is 14.5. The SMILES string of the molecule is CCc1nc(NN)cc(N2CCC3C(CCCN3C)C2)n1. The first-order valence-electron chi connectivity index (χ1n) is 8.01. The van der Waals surface area contributed by atoms with Crippen molar-refractivity contribution >= 4 is 11.6 Å². The van der Waals surface area contributed by atoms with Crippen LogP contribution in [0.4, 0.5) is 11.6 Å². The zero-order chi connectivity index (χ0) is 14.8. The van der Waals surface area contributed by atoms with Gasteiger partial charge in [0.15, 0.2) is 0 Å². The van der Waals surface area contributed by atoms with E-state index in [-0.39, 0.29) is 0 Å². The van der Waals surface area contributed by atoms with Crippen molar-refractivity contribution < 1.29 is 0 Å². The lowest BCUT2D eigenvalue weighted by Crippen LogP contribution is -2.53. The van der Waals surface area contributed by atoms with Gasteiger partial charge in [-0.3, -0.25) is 0 Å². The molecule has 0 aromatic carbocycles. The number of nitrogen functional groups attached to an aromatic ring is 1. The van der Waals surface area contributed by atoms with Gasteiger partial charge in [0, 0.05) is 31.6 Å². The standard InChI is InChI=1S/C15H26N6/c1-3-13-17-14(19-16)9-15(18-13)21-8-6-12-11(10-21)5-4-7-20(12)2/h9,11-12H,3-8,10,16H2,1-2H3,(H,17,18,19). The van der Waals surface area contributed by atoms with E-state index in [0.29, 0.717) is 5.82 Å². The molecule has 3 heterocycles. The molecule has 1 aromatic rings. The number of aryl methyl sites for hydroxylation is 1. The molecule has 2 unspecified atom stereocenters. The first-order chi connectivity index (χ1) is 10.2. The van der Waals surface area contributed by atoms with Crippen molar-refractivity contribution in [2.45, 2.75) is 38.6 Å². The maximum atomic E-state index is 5.53. The van der Waals surface area contributed by atoms with Crippen LogP contribution in [0.25, 0.3) is 0 Å². The number of hydrazine groups is 1. The molecular formula is C15H26N6. The highest BCUT2D eigenvalue weighted by Crippen LogP contribution is 2.31. The van der Waals surface area contributed by atoms with Crippen LogP contribution in [0.5, 0.6) is 0 Å². The Kier molecular flexibility index (Phi) is 4.26. The Morgan fingerprint density at radius 3 is 2.95 bits per heavy atom. The summed E-state index contributed by atoms with van der Waals surface area (Å²) in [4.78, 5) is 14.0. The molecule has 0 radical (unpaired) electrons. The molecule has 0 spiro atoms. The summed E-state index contributed by atoms with van der Waals surface area (Å²) in [5.41, 5.74) is 2.66. The van der Waals surface area contributed by atoms with Gasteiger partial charge in [0.05, 0.1) is 0 Å². The fourth-order valence-corrected chi connectivity index (χ4v) is 3.74. The summed E-state index contributed by atoms with van der Waals surface area (Å²) < 4.78 is 0. The number of hydrogen-bond donors (Lipinski definition) is 2. The van der Waals surface area contributed by atoms with Gasteiger partial charge in [-0.05, 0) is 38.8 Å². The second-order valence-electron chi connectivity index (χ2n) is 6.21. The predicted molar refractivity (Wildman–Crippen MR) is 85.2 cm³/mol. The van der Waals surface area contributed by atoms with Crippen LogP contribution < -0.4 is 16.2 Å². The van der Waals surface area contributed by atoms with E-state index in [1.54, 1.807) is 0 Å². The summed E-state index contributed by atoms with van der Waals surface area (Å²) in [6.45, 7) is 5.48. The van der Waals surface area contributed by atoms with Crippen LogP contribution in [0.15, 0.2) is 6.07 Å². The monoisotopic (exact) mass is 290 g/mol. The summed E-state index contributed by atoms with van der Waals surface area (Å²) in [6.07, 6.45) is 4.69. The van der Waals surface area contributed by atoms with Crippen molar-refractivity contribution in [3.8, 4) is 0 Å². The molecule has 1 aromatic heterocycles. The lowest BCUT2D eigenvalue weighted by atomic mass is 9.84.